The quantitative estimate of drug-likeness (QED) is 0.646. The van der Waals surface area contributed by atoms with E-state index in [0.29, 0.717) is 0 Å². The third-order valence-corrected chi connectivity index (χ3v) is 4.80. The van der Waals surface area contributed by atoms with Gasteiger partial charge in [-0.25, -0.2) is 8.42 Å². The molecule has 0 heterocycles. The monoisotopic (exact) mass is 327 g/mol. The van der Waals surface area contributed by atoms with E-state index in [1.165, 1.54) is 0 Å². The Hall–Kier alpha value is -2.09. The zero-order valence-electron chi connectivity index (χ0n) is 13.2. The SMILES string of the molecule is CCCCC#CC(NS(=O)(=O)c1ccccc1)c1ccccc1. The maximum absolute atomic E-state index is 12.5. The van der Waals surface area contributed by atoms with Crippen LogP contribution in [0.4, 0.5) is 0 Å². The maximum Gasteiger partial charge on any atom is 0.241 e. The smallest absolute Gasteiger partial charge is 0.207 e. The average Bonchev–Trinajstić information content (AvgIpc) is 2.59. The molecule has 0 aromatic heterocycles. The minimum Gasteiger partial charge on any atom is -0.207 e. The molecule has 2 aromatic rings. The van der Waals surface area contributed by atoms with Crippen molar-refractivity contribution in [2.45, 2.75) is 37.1 Å². The first kappa shape index (κ1) is 17.3. The van der Waals surface area contributed by atoms with Gasteiger partial charge in [-0.05, 0) is 24.1 Å². The van der Waals surface area contributed by atoms with Crippen LogP contribution in [0.15, 0.2) is 65.6 Å². The highest BCUT2D eigenvalue weighted by Gasteiger charge is 2.19. The van der Waals surface area contributed by atoms with E-state index in [4.69, 9.17) is 0 Å². The van der Waals surface area contributed by atoms with Crippen LogP contribution in [-0.2, 0) is 10.0 Å². The summed E-state index contributed by atoms with van der Waals surface area (Å²) in [6.07, 6.45) is 2.85. The molecule has 0 fully saturated rings. The predicted molar refractivity (Wildman–Crippen MR) is 93.2 cm³/mol. The largest absolute Gasteiger partial charge is 0.241 e. The van der Waals surface area contributed by atoms with Gasteiger partial charge in [0.05, 0.1) is 4.90 Å². The van der Waals surface area contributed by atoms with Crippen molar-refractivity contribution in [3.8, 4) is 11.8 Å². The number of hydrogen-bond acceptors (Lipinski definition) is 2. The van der Waals surface area contributed by atoms with Gasteiger partial charge in [0.2, 0.25) is 10.0 Å². The zero-order chi connectivity index (χ0) is 16.5. The zero-order valence-corrected chi connectivity index (χ0v) is 14.0. The molecule has 3 nitrogen and oxygen atoms in total. The first-order valence-electron chi connectivity index (χ1n) is 7.74. The van der Waals surface area contributed by atoms with Gasteiger partial charge >= 0.3 is 0 Å². The second-order valence-corrected chi connectivity index (χ2v) is 6.92. The van der Waals surface area contributed by atoms with Crippen molar-refractivity contribution in [1.82, 2.24) is 4.72 Å². The highest BCUT2D eigenvalue weighted by molar-refractivity contribution is 7.89. The molecule has 23 heavy (non-hydrogen) atoms. The summed E-state index contributed by atoms with van der Waals surface area (Å²) in [5, 5.41) is 0. The van der Waals surface area contributed by atoms with Crippen LogP contribution in [-0.4, -0.2) is 8.42 Å². The lowest BCUT2D eigenvalue weighted by Gasteiger charge is -2.14. The van der Waals surface area contributed by atoms with Gasteiger partial charge in [0.25, 0.3) is 0 Å². The summed E-state index contributed by atoms with van der Waals surface area (Å²) < 4.78 is 27.8. The minimum atomic E-state index is -3.60. The molecule has 0 bridgehead atoms. The fraction of sp³-hybridized carbons (Fsp3) is 0.263. The van der Waals surface area contributed by atoms with Crippen LogP contribution in [0.1, 0.15) is 37.8 Å². The Morgan fingerprint density at radius 2 is 1.61 bits per heavy atom. The highest BCUT2D eigenvalue weighted by atomic mass is 32.2. The molecule has 0 aliphatic heterocycles. The van der Waals surface area contributed by atoms with Crippen molar-refractivity contribution in [3.05, 3.63) is 66.2 Å². The van der Waals surface area contributed by atoms with E-state index in [0.717, 1.165) is 24.8 Å². The van der Waals surface area contributed by atoms with E-state index in [-0.39, 0.29) is 4.90 Å². The Morgan fingerprint density at radius 1 is 1.00 bits per heavy atom. The Balaban J connectivity index is 2.25. The Bertz CT molecular complexity index is 759. The standard InChI is InChI=1S/C19H21NO2S/c1-2-3-4-11-16-19(17-12-7-5-8-13-17)20-23(21,22)18-14-9-6-10-15-18/h5-10,12-15,19-20H,2-4H2,1H3. The molecule has 0 amide bonds. The second kappa shape index (κ2) is 8.52. The Kier molecular flexibility index (Phi) is 6.40. The molecule has 0 aliphatic rings. The van der Waals surface area contributed by atoms with Gasteiger partial charge in [0.1, 0.15) is 6.04 Å². The first-order valence-corrected chi connectivity index (χ1v) is 9.22. The Morgan fingerprint density at radius 3 is 2.22 bits per heavy atom. The summed E-state index contributed by atoms with van der Waals surface area (Å²) in [6, 6.07) is 17.2. The van der Waals surface area contributed by atoms with Crippen molar-refractivity contribution in [2.75, 3.05) is 0 Å². The van der Waals surface area contributed by atoms with E-state index in [1.54, 1.807) is 30.3 Å². The minimum absolute atomic E-state index is 0.247. The summed E-state index contributed by atoms with van der Waals surface area (Å²) in [4.78, 5) is 0.247. The van der Waals surface area contributed by atoms with Gasteiger partial charge in [-0.15, -0.1) is 5.92 Å². The van der Waals surface area contributed by atoms with Gasteiger partial charge in [-0.3, -0.25) is 0 Å². The molecule has 0 spiro atoms. The molecule has 1 atom stereocenters. The number of benzene rings is 2. The van der Waals surface area contributed by atoms with Gasteiger partial charge in [0.15, 0.2) is 0 Å². The lowest BCUT2D eigenvalue weighted by molar-refractivity contribution is 0.576. The molecule has 0 saturated heterocycles. The summed E-state index contributed by atoms with van der Waals surface area (Å²) in [7, 11) is -3.60. The lowest BCUT2D eigenvalue weighted by atomic mass is 10.1. The van der Waals surface area contributed by atoms with E-state index < -0.39 is 16.1 Å². The molecule has 1 unspecified atom stereocenters. The summed E-state index contributed by atoms with van der Waals surface area (Å²) in [5.74, 6) is 6.14. The molecule has 0 aliphatic carbocycles. The molecule has 2 rings (SSSR count). The van der Waals surface area contributed by atoms with Crippen molar-refractivity contribution < 1.29 is 8.42 Å². The van der Waals surface area contributed by atoms with Crippen LogP contribution in [0, 0.1) is 11.8 Å². The molecular weight excluding hydrogens is 306 g/mol. The topological polar surface area (TPSA) is 46.2 Å². The van der Waals surface area contributed by atoms with E-state index in [1.807, 2.05) is 30.3 Å². The first-order chi connectivity index (χ1) is 11.1. The van der Waals surface area contributed by atoms with Crippen molar-refractivity contribution in [1.29, 1.82) is 0 Å². The fourth-order valence-corrected chi connectivity index (χ4v) is 3.25. The fourth-order valence-electron chi connectivity index (χ4n) is 2.09. The van der Waals surface area contributed by atoms with Crippen LogP contribution < -0.4 is 4.72 Å². The summed E-state index contributed by atoms with van der Waals surface area (Å²) in [6.45, 7) is 2.11. The van der Waals surface area contributed by atoms with Crippen molar-refractivity contribution in [2.24, 2.45) is 0 Å². The molecule has 1 N–H and O–H groups in total. The third-order valence-electron chi connectivity index (χ3n) is 3.36. The predicted octanol–water partition coefficient (Wildman–Crippen LogP) is 3.90. The maximum atomic E-state index is 12.5. The molecule has 0 saturated carbocycles. The van der Waals surface area contributed by atoms with E-state index in [2.05, 4.69) is 23.5 Å². The second-order valence-electron chi connectivity index (χ2n) is 5.20. The lowest BCUT2D eigenvalue weighted by Crippen LogP contribution is -2.27. The number of rotatable bonds is 6. The molecule has 2 aromatic carbocycles. The number of sulfonamides is 1. The van der Waals surface area contributed by atoms with Crippen LogP contribution in [0.3, 0.4) is 0 Å². The Labute approximate surface area is 138 Å². The summed E-state index contributed by atoms with van der Waals surface area (Å²) in [5.41, 5.74) is 0.844. The van der Waals surface area contributed by atoms with Gasteiger partial charge in [-0.2, -0.15) is 4.72 Å². The van der Waals surface area contributed by atoms with Crippen molar-refractivity contribution in [3.63, 3.8) is 0 Å². The summed E-state index contributed by atoms with van der Waals surface area (Å²) >= 11 is 0. The normalized spacial score (nSPS) is 12.2. The van der Waals surface area contributed by atoms with Crippen molar-refractivity contribution >= 4 is 10.0 Å². The van der Waals surface area contributed by atoms with Crippen LogP contribution in [0.2, 0.25) is 0 Å². The van der Waals surface area contributed by atoms with Crippen LogP contribution in [0.5, 0.6) is 0 Å². The molecule has 0 radical (unpaired) electrons. The molecule has 4 heteroatoms. The number of nitrogens with one attached hydrogen (secondary N) is 1. The third kappa shape index (κ3) is 5.24. The van der Waals surface area contributed by atoms with E-state index in [9.17, 15) is 8.42 Å². The molecule has 120 valence electrons. The van der Waals surface area contributed by atoms with Crippen LogP contribution >= 0.6 is 0 Å². The van der Waals surface area contributed by atoms with Gasteiger partial charge in [0, 0.05) is 6.42 Å². The van der Waals surface area contributed by atoms with Gasteiger partial charge in [-0.1, -0.05) is 67.8 Å². The van der Waals surface area contributed by atoms with E-state index >= 15 is 0 Å². The highest BCUT2D eigenvalue weighted by Crippen LogP contribution is 2.16. The molecular formula is C19H21NO2S. The van der Waals surface area contributed by atoms with Gasteiger partial charge < -0.3 is 0 Å². The van der Waals surface area contributed by atoms with Crippen LogP contribution in [0.25, 0.3) is 0 Å². The number of hydrogen-bond donors (Lipinski definition) is 1. The number of unbranched alkanes of at least 4 members (excludes halogenated alkanes) is 2. The average molecular weight is 327 g/mol.